The maximum absolute atomic E-state index is 11.4. The fourth-order valence-electron chi connectivity index (χ4n) is 1.22. The van der Waals surface area contributed by atoms with Gasteiger partial charge in [0.05, 0.1) is 6.10 Å². The van der Waals surface area contributed by atoms with E-state index in [0.29, 0.717) is 19.5 Å². The Morgan fingerprint density at radius 2 is 2.19 bits per heavy atom. The zero-order chi connectivity index (χ0) is 12.4. The van der Waals surface area contributed by atoms with Crippen molar-refractivity contribution in [2.75, 3.05) is 26.7 Å². The van der Waals surface area contributed by atoms with Gasteiger partial charge in [-0.3, -0.25) is 4.79 Å². The van der Waals surface area contributed by atoms with E-state index in [-0.39, 0.29) is 18.1 Å². The summed E-state index contributed by atoms with van der Waals surface area (Å²) in [6.07, 6.45) is 1.51. The van der Waals surface area contributed by atoms with Crippen molar-refractivity contribution >= 4 is 5.91 Å². The molecule has 0 aliphatic heterocycles. The normalized spacial score (nSPS) is 14.5. The molecule has 0 saturated carbocycles. The van der Waals surface area contributed by atoms with E-state index in [2.05, 4.69) is 10.6 Å². The maximum atomic E-state index is 11.4. The summed E-state index contributed by atoms with van der Waals surface area (Å²) in [4.78, 5) is 11.4. The molecule has 16 heavy (non-hydrogen) atoms. The van der Waals surface area contributed by atoms with Crippen molar-refractivity contribution in [2.45, 2.75) is 38.8 Å². The minimum absolute atomic E-state index is 0.0226. The average molecular weight is 231 g/mol. The molecule has 5 nitrogen and oxygen atoms in total. The molecular weight excluding hydrogens is 206 g/mol. The third-order valence-electron chi connectivity index (χ3n) is 2.38. The van der Waals surface area contributed by atoms with Crippen LogP contribution in [-0.4, -0.2) is 44.8 Å². The van der Waals surface area contributed by atoms with Gasteiger partial charge in [0.1, 0.15) is 0 Å². The van der Waals surface area contributed by atoms with Crippen LogP contribution in [0.3, 0.4) is 0 Å². The van der Waals surface area contributed by atoms with E-state index in [9.17, 15) is 4.79 Å². The number of nitrogens with two attached hydrogens (primary N) is 1. The van der Waals surface area contributed by atoms with Gasteiger partial charge in [0.25, 0.3) is 0 Å². The number of amides is 1. The molecule has 0 heterocycles. The number of methoxy groups -OCH3 is 1. The smallest absolute Gasteiger partial charge is 0.221 e. The van der Waals surface area contributed by atoms with E-state index >= 15 is 0 Å². The summed E-state index contributed by atoms with van der Waals surface area (Å²) in [5, 5.41) is 6.05. The van der Waals surface area contributed by atoms with E-state index < -0.39 is 0 Å². The molecule has 96 valence electrons. The van der Waals surface area contributed by atoms with E-state index in [1.807, 2.05) is 13.8 Å². The molecule has 0 aliphatic rings. The lowest BCUT2D eigenvalue weighted by Gasteiger charge is -2.18. The van der Waals surface area contributed by atoms with Crippen molar-refractivity contribution in [1.82, 2.24) is 10.6 Å². The Morgan fingerprint density at radius 3 is 2.69 bits per heavy atom. The highest BCUT2D eigenvalue weighted by Crippen LogP contribution is 1.92. The number of hydrogen-bond donors (Lipinski definition) is 3. The Bertz CT molecular complexity index is 188. The fraction of sp³-hybridized carbons (Fsp3) is 0.909. The average Bonchev–Trinajstić information content (AvgIpc) is 2.31. The first-order valence-corrected chi connectivity index (χ1v) is 5.86. The van der Waals surface area contributed by atoms with Crippen LogP contribution in [0.1, 0.15) is 26.7 Å². The van der Waals surface area contributed by atoms with Gasteiger partial charge in [-0.15, -0.1) is 0 Å². The van der Waals surface area contributed by atoms with Crippen molar-refractivity contribution in [3.8, 4) is 0 Å². The van der Waals surface area contributed by atoms with Crippen LogP contribution in [0.15, 0.2) is 0 Å². The second-order valence-corrected chi connectivity index (χ2v) is 3.94. The van der Waals surface area contributed by atoms with E-state index in [4.69, 9.17) is 10.5 Å². The lowest BCUT2D eigenvalue weighted by molar-refractivity contribution is -0.121. The summed E-state index contributed by atoms with van der Waals surface area (Å²) in [5.41, 5.74) is 5.59. The monoisotopic (exact) mass is 231 g/mol. The van der Waals surface area contributed by atoms with Crippen molar-refractivity contribution in [2.24, 2.45) is 5.73 Å². The lowest BCUT2D eigenvalue weighted by Crippen LogP contribution is -2.43. The zero-order valence-electron chi connectivity index (χ0n) is 10.6. The topological polar surface area (TPSA) is 76.4 Å². The molecule has 1 amide bonds. The quantitative estimate of drug-likeness (QED) is 0.516. The van der Waals surface area contributed by atoms with Crippen LogP contribution < -0.4 is 16.4 Å². The van der Waals surface area contributed by atoms with E-state index in [1.54, 1.807) is 7.11 Å². The second kappa shape index (κ2) is 9.57. The molecule has 0 fully saturated rings. The predicted octanol–water partition coefficient (Wildman–Crippen LogP) is -0.145. The van der Waals surface area contributed by atoms with E-state index in [0.717, 1.165) is 13.0 Å². The van der Waals surface area contributed by atoms with Crippen LogP contribution in [0, 0.1) is 0 Å². The van der Waals surface area contributed by atoms with Gasteiger partial charge in [0, 0.05) is 39.2 Å². The summed E-state index contributed by atoms with van der Waals surface area (Å²) in [6.45, 7) is 5.89. The zero-order valence-corrected chi connectivity index (χ0v) is 10.6. The SMILES string of the molecule is CCCNC(=O)CC(CN)NCC(C)OC. The third-order valence-corrected chi connectivity index (χ3v) is 2.38. The molecule has 0 rings (SSSR count). The fourth-order valence-corrected chi connectivity index (χ4v) is 1.22. The van der Waals surface area contributed by atoms with Gasteiger partial charge in [-0.05, 0) is 13.3 Å². The van der Waals surface area contributed by atoms with Crippen molar-refractivity contribution in [3.05, 3.63) is 0 Å². The van der Waals surface area contributed by atoms with Gasteiger partial charge in [-0.25, -0.2) is 0 Å². The summed E-state index contributed by atoms with van der Waals surface area (Å²) in [5.74, 6) is 0.0508. The largest absolute Gasteiger partial charge is 0.380 e. The van der Waals surface area contributed by atoms with Crippen LogP contribution >= 0.6 is 0 Å². The molecule has 0 aromatic heterocycles. The summed E-state index contributed by atoms with van der Waals surface area (Å²) in [6, 6.07) is 0.0226. The number of rotatable bonds is 9. The molecule has 4 N–H and O–H groups in total. The molecule has 0 aromatic carbocycles. The van der Waals surface area contributed by atoms with Crippen LogP contribution in [-0.2, 0) is 9.53 Å². The van der Waals surface area contributed by atoms with Crippen LogP contribution in [0.4, 0.5) is 0 Å². The molecule has 5 heteroatoms. The highest BCUT2D eigenvalue weighted by Gasteiger charge is 2.12. The van der Waals surface area contributed by atoms with Crippen molar-refractivity contribution in [1.29, 1.82) is 0 Å². The van der Waals surface area contributed by atoms with Gasteiger partial charge in [0.15, 0.2) is 0 Å². The molecule has 0 radical (unpaired) electrons. The van der Waals surface area contributed by atoms with Crippen LogP contribution in [0.25, 0.3) is 0 Å². The summed E-state index contributed by atoms with van der Waals surface area (Å²) in [7, 11) is 1.66. The Morgan fingerprint density at radius 1 is 1.50 bits per heavy atom. The summed E-state index contributed by atoms with van der Waals surface area (Å²) >= 11 is 0. The molecular formula is C11H25N3O2. The summed E-state index contributed by atoms with van der Waals surface area (Å²) < 4.78 is 5.11. The number of carbonyl (C=O) groups is 1. The van der Waals surface area contributed by atoms with Gasteiger partial charge in [-0.2, -0.15) is 0 Å². The standard InChI is InChI=1S/C11H25N3O2/c1-4-5-13-11(15)6-10(7-12)14-8-9(2)16-3/h9-10,14H,4-8,12H2,1-3H3,(H,13,15). The van der Waals surface area contributed by atoms with Crippen molar-refractivity contribution < 1.29 is 9.53 Å². The number of carbonyl (C=O) groups excluding carboxylic acids is 1. The van der Waals surface area contributed by atoms with Gasteiger partial charge in [-0.1, -0.05) is 6.92 Å². The first kappa shape index (κ1) is 15.3. The predicted molar refractivity (Wildman–Crippen MR) is 65.2 cm³/mol. The number of hydrogen-bond acceptors (Lipinski definition) is 4. The molecule has 2 unspecified atom stereocenters. The Hall–Kier alpha value is -0.650. The van der Waals surface area contributed by atoms with Crippen LogP contribution in [0.5, 0.6) is 0 Å². The minimum Gasteiger partial charge on any atom is -0.380 e. The van der Waals surface area contributed by atoms with Gasteiger partial charge in [0.2, 0.25) is 5.91 Å². The third kappa shape index (κ3) is 7.62. The highest BCUT2D eigenvalue weighted by atomic mass is 16.5. The molecule has 2 atom stereocenters. The molecule has 0 spiro atoms. The Labute approximate surface area is 98.1 Å². The van der Waals surface area contributed by atoms with Crippen LogP contribution in [0.2, 0.25) is 0 Å². The maximum Gasteiger partial charge on any atom is 0.221 e. The molecule has 0 aromatic rings. The van der Waals surface area contributed by atoms with Gasteiger partial charge < -0.3 is 21.1 Å². The highest BCUT2D eigenvalue weighted by molar-refractivity contribution is 5.76. The Kier molecular flexibility index (Phi) is 9.18. The Balaban J connectivity index is 3.77. The van der Waals surface area contributed by atoms with Gasteiger partial charge >= 0.3 is 0 Å². The number of nitrogens with one attached hydrogen (secondary N) is 2. The lowest BCUT2D eigenvalue weighted by atomic mass is 10.2. The molecule has 0 aliphatic carbocycles. The first-order valence-electron chi connectivity index (χ1n) is 5.86. The van der Waals surface area contributed by atoms with Crippen molar-refractivity contribution in [3.63, 3.8) is 0 Å². The molecule has 0 saturated heterocycles. The van der Waals surface area contributed by atoms with E-state index in [1.165, 1.54) is 0 Å². The number of ether oxygens (including phenoxy) is 1. The molecule has 0 bridgehead atoms. The second-order valence-electron chi connectivity index (χ2n) is 3.94. The first-order chi connectivity index (χ1) is 7.63. The minimum atomic E-state index is 0.0226.